The van der Waals surface area contributed by atoms with Gasteiger partial charge in [-0.1, -0.05) is 15.9 Å². The Balaban J connectivity index is 2.47. The van der Waals surface area contributed by atoms with Crippen molar-refractivity contribution < 1.29 is 23.8 Å². The van der Waals surface area contributed by atoms with Gasteiger partial charge in [-0.2, -0.15) is 0 Å². The number of hydrogen-bond donors (Lipinski definition) is 1. The number of aliphatic carboxylic acids is 1. The topological polar surface area (TPSA) is 55.8 Å². The number of benzene rings is 1. The molecule has 0 spiro atoms. The summed E-state index contributed by atoms with van der Waals surface area (Å²) in [7, 11) is 0. The molecule has 0 fully saturated rings. The van der Waals surface area contributed by atoms with E-state index in [2.05, 4.69) is 15.9 Å². The van der Waals surface area contributed by atoms with Gasteiger partial charge in [0.1, 0.15) is 11.6 Å². The number of carbonyl (C=O) groups is 1. The molecule has 0 radical (unpaired) electrons. The average Bonchev–Trinajstić information content (AvgIpc) is 2.26. The minimum absolute atomic E-state index is 0.146. The summed E-state index contributed by atoms with van der Waals surface area (Å²) in [6.07, 6.45) is -0.691. The van der Waals surface area contributed by atoms with Crippen LogP contribution in [0.3, 0.4) is 0 Å². The van der Waals surface area contributed by atoms with E-state index in [0.717, 1.165) is 0 Å². The van der Waals surface area contributed by atoms with Crippen LogP contribution in [-0.4, -0.2) is 30.4 Å². The van der Waals surface area contributed by atoms with Crippen molar-refractivity contribution in [3.05, 3.63) is 28.5 Å². The van der Waals surface area contributed by atoms with Gasteiger partial charge in [-0.05, 0) is 19.1 Å². The number of carboxylic acids is 1. The molecule has 0 aliphatic rings. The molecule has 1 aromatic carbocycles. The molecular formula is C12H14BrFO4. The van der Waals surface area contributed by atoms with E-state index in [0.29, 0.717) is 16.8 Å². The predicted molar refractivity (Wildman–Crippen MR) is 67.3 cm³/mol. The molecule has 6 heteroatoms. The van der Waals surface area contributed by atoms with E-state index in [1.807, 2.05) is 0 Å². The minimum Gasteiger partial charge on any atom is -0.493 e. The van der Waals surface area contributed by atoms with Gasteiger partial charge in [0.2, 0.25) is 0 Å². The van der Waals surface area contributed by atoms with Crippen LogP contribution in [0, 0.1) is 5.82 Å². The van der Waals surface area contributed by atoms with Gasteiger partial charge in [0, 0.05) is 23.6 Å². The Kier molecular flexibility index (Phi) is 6.07. The number of ether oxygens (including phenoxy) is 2. The lowest BCUT2D eigenvalue weighted by atomic mass is 10.2. The molecular weight excluding hydrogens is 307 g/mol. The number of hydrogen-bond acceptors (Lipinski definition) is 3. The lowest BCUT2D eigenvalue weighted by Crippen LogP contribution is -2.26. The quantitative estimate of drug-likeness (QED) is 0.839. The molecule has 0 aromatic heterocycles. The Hall–Kier alpha value is -1.14. The van der Waals surface area contributed by atoms with E-state index < -0.39 is 17.9 Å². The first-order chi connectivity index (χ1) is 8.52. The van der Waals surface area contributed by atoms with E-state index in [9.17, 15) is 9.18 Å². The fraction of sp³-hybridized carbons (Fsp3) is 0.417. The van der Waals surface area contributed by atoms with Gasteiger partial charge in [0.15, 0.2) is 6.10 Å². The molecule has 0 heterocycles. The van der Waals surface area contributed by atoms with E-state index in [-0.39, 0.29) is 13.0 Å². The lowest BCUT2D eigenvalue weighted by molar-refractivity contribution is -0.150. The van der Waals surface area contributed by atoms with Crippen molar-refractivity contribution in [3.8, 4) is 5.75 Å². The highest BCUT2D eigenvalue weighted by Gasteiger charge is 2.17. The van der Waals surface area contributed by atoms with Crippen molar-refractivity contribution in [2.45, 2.75) is 19.4 Å². The first kappa shape index (κ1) is 14.9. The number of carboxylic acid groups (broad SMARTS) is 1. The summed E-state index contributed by atoms with van der Waals surface area (Å²) in [5, 5.41) is 8.84. The van der Waals surface area contributed by atoms with Crippen LogP contribution < -0.4 is 4.74 Å². The smallest absolute Gasteiger partial charge is 0.332 e. The first-order valence-electron chi connectivity index (χ1n) is 5.46. The van der Waals surface area contributed by atoms with E-state index in [4.69, 9.17) is 14.6 Å². The Morgan fingerprint density at radius 3 is 2.78 bits per heavy atom. The first-order valence-corrected chi connectivity index (χ1v) is 6.25. The molecule has 0 saturated heterocycles. The molecule has 1 unspecified atom stereocenters. The summed E-state index contributed by atoms with van der Waals surface area (Å²) in [6.45, 7) is 2.19. The van der Waals surface area contributed by atoms with Crippen LogP contribution in [-0.2, 0) is 9.53 Å². The van der Waals surface area contributed by atoms with Gasteiger partial charge in [0.05, 0.1) is 6.61 Å². The largest absolute Gasteiger partial charge is 0.493 e. The zero-order valence-corrected chi connectivity index (χ0v) is 11.4. The fourth-order valence-electron chi connectivity index (χ4n) is 1.37. The average molecular weight is 321 g/mol. The van der Waals surface area contributed by atoms with Crippen molar-refractivity contribution in [3.63, 3.8) is 0 Å². The van der Waals surface area contributed by atoms with Gasteiger partial charge in [0.25, 0.3) is 0 Å². The van der Waals surface area contributed by atoms with Gasteiger partial charge >= 0.3 is 5.97 Å². The van der Waals surface area contributed by atoms with Crippen molar-refractivity contribution in [2.75, 3.05) is 13.2 Å². The summed E-state index contributed by atoms with van der Waals surface area (Å²) in [5.74, 6) is -1.10. The zero-order valence-electron chi connectivity index (χ0n) is 9.86. The van der Waals surface area contributed by atoms with Crippen LogP contribution in [0.1, 0.15) is 13.3 Å². The van der Waals surface area contributed by atoms with Crippen molar-refractivity contribution >= 4 is 21.9 Å². The second-order valence-corrected chi connectivity index (χ2v) is 4.44. The van der Waals surface area contributed by atoms with Crippen molar-refractivity contribution in [1.82, 2.24) is 0 Å². The highest BCUT2D eigenvalue weighted by atomic mass is 79.9. The normalized spacial score (nSPS) is 12.2. The second-order valence-electron chi connectivity index (χ2n) is 3.52. The zero-order chi connectivity index (χ0) is 13.5. The number of halogens is 2. The molecule has 0 aliphatic heterocycles. The Morgan fingerprint density at radius 1 is 1.50 bits per heavy atom. The lowest BCUT2D eigenvalue weighted by Gasteiger charge is -2.13. The molecule has 1 rings (SSSR count). The fourth-order valence-corrected chi connectivity index (χ4v) is 1.82. The third-order valence-corrected chi connectivity index (χ3v) is 2.59. The molecule has 100 valence electrons. The summed E-state index contributed by atoms with van der Waals surface area (Å²) in [6, 6.07) is 4.16. The monoisotopic (exact) mass is 320 g/mol. The molecule has 4 nitrogen and oxygen atoms in total. The molecule has 1 aromatic rings. The van der Waals surface area contributed by atoms with Crippen LogP contribution in [0.2, 0.25) is 0 Å². The maximum absolute atomic E-state index is 13.0. The summed E-state index contributed by atoms with van der Waals surface area (Å²) >= 11 is 3.14. The second kappa shape index (κ2) is 7.33. The Bertz CT molecular complexity index is 391. The van der Waals surface area contributed by atoms with E-state index in [1.165, 1.54) is 12.1 Å². The molecule has 0 aliphatic carbocycles. The van der Waals surface area contributed by atoms with Crippen LogP contribution in [0.5, 0.6) is 5.75 Å². The molecule has 1 N–H and O–H groups in total. The summed E-state index contributed by atoms with van der Waals surface area (Å²) in [4.78, 5) is 10.8. The highest BCUT2D eigenvalue weighted by Crippen LogP contribution is 2.20. The van der Waals surface area contributed by atoms with Gasteiger partial charge < -0.3 is 14.6 Å². The van der Waals surface area contributed by atoms with Gasteiger partial charge in [-0.25, -0.2) is 9.18 Å². The molecule has 1 atom stereocenters. The van der Waals surface area contributed by atoms with E-state index >= 15 is 0 Å². The van der Waals surface area contributed by atoms with Crippen LogP contribution in [0.15, 0.2) is 22.7 Å². The van der Waals surface area contributed by atoms with Gasteiger partial charge in [-0.3, -0.25) is 0 Å². The summed E-state index contributed by atoms with van der Waals surface area (Å²) in [5.41, 5.74) is 0. The highest BCUT2D eigenvalue weighted by molar-refractivity contribution is 9.10. The number of rotatable bonds is 7. The van der Waals surface area contributed by atoms with Crippen molar-refractivity contribution in [2.24, 2.45) is 0 Å². The maximum Gasteiger partial charge on any atom is 0.332 e. The van der Waals surface area contributed by atoms with Crippen molar-refractivity contribution in [1.29, 1.82) is 0 Å². The molecule has 0 bridgehead atoms. The van der Waals surface area contributed by atoms with Crippen LogP contribution in [0.4, 0.5) is 4.39 Å². The molecule has 0 saturated carbocycles. The van der Waals surface area contributed by atoms with E-state index in [1.54, 1.807) is 13.0 Å². The Morgan fingerprint density at radius 2 is 2.22 bits per heavy atom. The summed E-state index contributed by atoms with van der Waals surface area (Å²) < 4.78 is 23.9. The SMILES string of the molecule is CCOC(CCOc1cc(F)cc(Br)c1)C(=O)O. The van der Waals surface area contributed by atoms with Gasteiger partial charge in [-0.15, -0.1) is 0 Å². The standard InChI is InChI=1S/C12H14BrFO4/c1-2-17-11(12(15)16)3-4-18-10-6-8(13)5-9(14)7-10/h5-7,11H,2-4H2,1H3,(H,15,16). The Labute approximate surface area is 113 Å². The third-order valence-electron chi connectivity index (χ3n) is 2.13. The minimum atomic E-state index is -1.03. The molecule has 18 heavy (non-hydrogen) atoms. The van der Waals surface area contributed by atoms with Crippen LogP contribution in [0.25, 0.3) is 0 Å². The predicted octanol–water partition coefficient (Wildman–Crippen LogP) is 2.85. The maximum atomic E-state index is 13.0. The molecule has 0 amide bonds. The third kappa shape index (κ3) is 5.01. The van der Waals surface area contributed by atoms with Crippen LogP contribution >= 0.6 is 15.9 Å².